The molecule has 0 saturated carbocycles. The first-order valence-electron chi connectivity index (χ1n) is 9.58. The molecule has 0 saturated heterocycles. The van der Waals surface area contributed by atoms with E-state index in [1.807, 2.05) is 42.2 Å². The minimum atomic E-state index is -0.399. The fourth-order valence-electron chi connectivity index (χ4n) is 3.32. The highest BCUT2D eigenvalue weighted by Crippen LogP contribution is 2.38. The number of carbonyl (C=O) groups is 1. The molecule has 29 heavy (non-hydrogen) atoms. The third-order valence-electron chi connectivity index (χ3n) is 4.88. The Morgan fingerprint density at radius 1 is 1.17 bits per heavy atom. The highest BCUT2D eigenvalue weighted by atomic mass is 32.2. The lowest BCUT2D eigenvalue weighted by molar-refractivity contribution is -0.142. The number of thioether (sulfide) groups is 1. The summed E-state index contributed by atoms with van der Waals surface area (Å²) in [4.78, 5) is 39.6. The number of hydrogen-bond acceptors (Lipinski definition) is 7. The first kappa shape index (κ1) is 21.0. The highest BCUT2D eigenvalue weighted by Gasteiger charge is 2.37. The summed E-state index contributed by atoms with van der Waals surface area (Å²) in [7, 11) is 3.10. The second kappa shape index (κ2) is 8.77. The highest BCUT2D eigenvalue weighted by molar-refractivity contribution is 8.01. The third kappa shape index (κ3) is 4.05. The van der Waals surface area contributed by atoms with Gasteiger partial charge in [0.2, 0.25) is 0 Å². The normalized spacial score (nSPS) is 16.3. The number of esters is 1. The second-order valence-corrected chi connectivity index (χ2v) is 8.09. The molecule has 2 aromatic rings. The van der Waals surface area contributed by atoms with Crippen LogP contribution in [0.4, 0.5) is 11.5 Å². The van der Waals surface area contributed by atoms with Crippen molar-refractivity contribution in [3.8, 4) is 0 Å². The maximum Gasteiger partial charge on any atom is 0.332 e. The van der Waals surface area contributed by atoms with Crippen LogP contribution in [0, 0.1) is 0 Å². The molecular weight excluding hydrogens is 392 g/mol. The fraction of sp³-hybridized carbons (Fsp3) is 0.450. The molecule has 0 fully saturated rings. The number of benzene rings is 1. The van der Waals surface area contributed by atoms with Gasteiger partial charge < -0.3 is 15.0 Å². The van der Waals surface area contributed by atoms with Gasteiger partial charge >= 0.3 is 11.7 Å². The molecule has 2 unspecified atom stereocenters. The molecule has 0 amide bonds. The van der Waals surface area contributed by atoms with Gasteiger partial charge in [0.15, 0.2) is 5.50 Å². The van der Waals surface area contributed by atoms with Crippen molar-refractivity contribution in [1.29, 1.82) is 0 Å². The van der Waals surface area contributed by atoms with E-state index in [9.17, 15) is 14.4 Å². The zero-order chi connectivity index (χ0) is 21.1. The molecular formula is C20H26N4O4S. The van der Waals surface area contributed by atoms with Gasteiger partial charge in [-0.25, -0.2) is 4.79 Å². The van der Waals surface area contributed by atoms with E-state index < -0.39 is 5.69 Å². The Bertz CT molecular complexity index is 1000. The Morgan fingerprint density at radius 2 is 1.86 bits per heavy atom. The first-order chi connectivity index (χ1) is 13.9. The molecule has 0 radical (unpaired) electrons. The van der Waals surface area contributed by atoms with Gasteiger partial charge in [-0.3, -0.25) is 18.7 Å². The molecule has 1 aliphatic rings. The van der Waals surface area contributed by atoms with E-state index in [4.69, 9.17) is 4.74 Å². The van der Waals surface area contributed by atoms with E-state index >= 15 is 0 Å². The Morgan fingerprint density at radius 3 is 2.48 bits per heavy atom. The van der Waals surface area contributed by atoms with E-state index in [0.717, 1.165) is 10.1 Å². The molecule has 2 heterocycles. The summed E-state index contributed by atoms with van der Waals surface area (Å²) in [6, 6.07) is 9.77. The molecule has 1 aliphatic heterocycles. The van der Waals surface area contributed by atoms with Crippen molar-refractivity contribution >= 4 is 29.2 Å². The van der Waals surface area contributed by atoms with E-state index in [1.54, 1.807) is 14.0 Å². The number of ether oxygens (including phenoxy) is 1. The quantitative estimate of drug-likeness (QED) is 0.687. The van der Waals surface area contributed by atoms with E-state index in [2.05, 4.69) is 5.32 Å². The summed E-state index contributed by atoms with van der Waals surface area (Å²) in [5.41, 5.74) is 0.297. The van der Waals surface area contributed by atoms with Crippen molar-refractivity contribution in [1.82, 2.24) is 9.13 Å². The van der Waals surface area contributed by atoms with Crippen molar-refractivity contribution in [3.05, 3.63) is 56.7 Å². The van der Waals surface area contributed by atoms with Gasteiger partial charge in [-0.15, -0.1) is 11.8 Å². The molecule has 3 rings (SSSR count). The Kier molecular flexibility index (Phi) is 6.36. The summed E-state index contributed by atoms with van der Waals surface area (Å²) < 4.78 is 7.73. The number of hydrogen-bond donors (Lipinski definition) is 1. The summed E-state index contributed by atoms with van der Waals surface area (Å²) >= 11 is 1.39. The van der Waals surface area contributed by atoms with Crippen LogP contribution in [-0.2, 0) is 30.2 Å². The van der Waals surface area contributed by atoms with E-state index in [1.165, 1.54) is 23.4 Å². The largest absolute Gasteiger partial charge is 0.465 e. The Labute approximate surface area is 173 Å². The van der Waals surface area contributed by atoms with Crippen molar-refractivity contribution < 1.29 is 9.53 Å². The predicted octanol–water partition coefficient (Wildman–Crippen LogP) is 1.87. The first-order valence-corrected chi connectivity index (χ1v) is 10.5. The number of nitrogens with one attached hydrogen (secondary N) is 1. The molecule has 0 bridgehead atoms. The molecule has 1 N–H and O–H groups in total. The molecule has 2 atom stereocenters. The van der Waals surface area contributed by atoms with Gasteiger partial charge in [0.05, 0.1) is 6.61 Å². The zero-order valence-electron chi connectivity index (χ0n) is 17.0. The van der Waals surface area contributed by atoms with Crippen LogP contribution in [0.25, 0.3) is 0 Å². The standard InChI is InChI=1S/C20H26N4O4S/c1-5-14(18(26)28-6-2)29-19-21-16-15(17(25)23(4)20(27)22(16)3)24(19)12-13-10-8-7-9-11-13/h7-11,14,19,21H,5-6,12H2,1-4H3. The number of anilines is 2. The summed E-state index contributed by atoms with van der Waals surface area (Å²) in [6.07, 6.45) is 0.591. The third-order valence-corrected chi connectivity index (χ3v) is 6.36. The van der Waals surface area contributed by atoms with Crippen LogP contribution < -0.4 is 21.5 Å². The zero-order valence-corrected chi connectivity index (χ0v) is 17.9. The van der Waals surface area contributed by atoms with Crippen LogP contribution in [0.3, 0.4) is 0 Å². The van der Waals surface area contributed by atoms with Crippen molar-refractivity contribution in [2.24, 2.45) is 14.1 Å². The smallest absolute Gasteiger partial charge is 0.332 e. The average molecular weight is 419 g/mol. The maximum absolute atomic E-state index is 12.9. The molecule has 1 aromatic carbocycles. The van der Waals surface area contributed by atoms with Gasteiger partial charge in [-0.05, 0) is 18.9 Å². The fourth-order valence-corrected chi connectivity index (χ4v) is 4.51. The SMILES string of the molecule is CCOC(=O)C(CC)SC1Nc2c(c(=O)n(C)c(=O)n2C)N1Cc1ccccc1. The Hall–Kier alpha value is -2.68. The topological polar surface area (TPSA) is 85.6 Å². The molecule has 0 spiro atoms. The van der Waals surface area contributed by atoms with Crippen LogP contribution in [0.1, 0.15) is 25.8 Å². The van der Waals surface area contributed by atoms with Gasteiger partial charge in [-0.1, -0.05) is 37.3 Å². The molecule has 8 nitrogen and oxygen atoms in total. The molecule has 1 aromatic heterocycles. The summed E-state index contributed by atoms with van der Waals surface area (Å²) in [5.74, 6) is 0.185. The number of fused-ring (bicyclic) bond motifs is 1. The van der Waals surface area contributed by atoms with Crippen LogP contribution >= 0.6 is 11.8 Å². The summed E-state index contributed by atoms with van der Waals surface area (Å²) in [5, 5.41) is 2.89. The van der Waals surface area contributed by atoms with Gasteiger partial charge in [-0.2, -0.15) is 0 Å². The number of nitrogens with zero attached hydrogens (tertiary/aromatic N) is 3. The maximum atomic E-state index is 12.9. The van der Waals surface area contributed by atoms with Crippen molar-refractivity contribution in [2.75, 3.05) is 16.8 Å². The van der Waals surface area contributed by atoms with E-state index in [-0.39, 0.29) is 22.3 Å². The lowest BCUT2D eigenvalue weighted by atomic mass is 10.2. The van der Waals surface area contributed by atoms with Gasteiger partial charge in [0, 0.05) is 20.6 Å². The average Bonchev–Trinajstić information content (AvgIpc) is 3.07. The van der Waals surface area contributed by atoms with Crippen LogP contribution in [0.2, 0.25) is 0 Å². The molecule has 0 aliphatic carbocycles. The van der Waals surface area contributed by atoms with E-state index in [0.29, 0.717) is 31.1 Å². The predicted molar refractivity (Wildman–Crippen MR) is 115 cm³/mol. The van der Waals surface area contributed by atoms with Gasteiger partial charge in [0.1, 0.15) is 16.8 Å². The second-order valence-electron chi connectivity index (χ2n) is 6.80. The monoisotopic (exact) mass is 418 g/mol. The van der Waals surface area contributed by atoms with Crippen LogP contribution in [0.15, 0.2) is 39.9 Å². The lowest BCUT2D eigenvalue weighted by Gasteiger charge is -2.28. The Balaban J connectivity index is 2.02. The van der Waals surface area contributed by atoms with Crippen molar-refractivity contribution in [3.63, 3.8) is 0 Å². The minimum absolute atomic E-state index is 0.279. The number of aromatic nitrogens is 2. The lowest BCUT2D eigenvalue weighted by Crippen LogP contribution is -2.40. The minimum Gasteiger partial charge on any atom is -0.465 e. The van der Waals surface area contributed by atoms with Gasteiger partial charge in [0.25, 0.3) is 5.56 Å². The molecule has 9 heteroatoms. The van der Waals surface area contributed by atoms with Crippen LogP contribution in [-0.4, -0.2) is 32.5 Å². The number of rotatable bonds is 7. The number of carbonyl (C=O) groups excluding carboxylic acids is 1. The van der Waals surface area contributed by atoms with Crippen molar-refractivity contribution in [2.45, 2.75) is 37.6 Å². The van der Waals surface area contributed by atoms with Crippen LogP contribution in [0.5, 0.6) is 0 Å². The molecule has 156 valence electrons. The summed E-state index contributed by atoms with van der Waals surface area (Å²) in [6.45, 7) is 4.48.